The van der Waals surface area contributed by atoms with E-state index in [-0.39, 0.29) is 6.10 Å². The summed E-state index contributed by atoms with van der Waals surface area (Å²) in [6.45, 7) is 5.01. The molecule has 0 spiro atoms. The number of anilines is 1. The van der Waals surface area contributed by atoms with Crippen LogP contribution in [0.1, 0.15) is 25.0 Å². The van der Waals surface area contributed by atoms with Crippen molar-refractivity contribution in [1.82, 2.24) is 18.6 Å². The SMILES string of the molecule is c1cnc(N2CCCC2)c(O[C@@H]2CCN(Cc3cnsn3)C2)c1. The lowest BCUT2D eigenvalue weighted by Crippen LogP contribution is -2.26. The first-order valence-electron chi connectivity index (χ1n) is 8.24. The Balaban J connectivity index is 1.39. The fourth-order valence-corrected chi connectivity index (χ4v) is 3.77. The van der Waals surface area contributed by atoms with Crippen LogP contribution in [0, 0.1) is 0 Å². The monoisotopic (exact) mass is 331 g/mol. The van der Waals surface area contributed by atoms with Gasteiger partial charge >= 0.3 is 0 Å². The molecule has 4 heterocycles. The van der Waals surface area contributed by atoms with E-state index in [1.807, 2.05) is 24.5 Å². The summed E-state index contributed by atoms with van der Waals surface area (Å²) in [7, 11) is 0. The molecule has 7 heteroatoms. The van der Waals surface area contributed by atoms with Crippen molar-refractivity contribution in [2.75, 3.05) is 31.1 Å². The fourth-order valence-electron chi connectivity index (χ4n) is 3.34. The van der Waals surface area contributed by atoms with Crippen molar-refractivity contribution in [3.63, 3.8) is 0 Å². The summed E-state index contributed by atoms with van der Waals surface area (Å²) < 4.78 is 14.6. The first-order valence-corrected chi connectivity index (χ1v) is 8.97. The summed E-state index contributed by atoms with van der Waals surface area (Å²) in [6, 6.07) is 4.01. The zero-order chi connectivity index (χ0) is 15.5. The maximum Gasteiger partial charge on any atom is 0.171 e. The highest BCUT2D eigenvalue weighted by molar-refractivity contribution is 6.99. The molecule has 0 unspecified atom stereocenters. The summed E-state index contributed by atoms with van der Waals surface area (Å²) in [5.74, 6) is 1.93. The molecule has 4 rings (SSSR count). The van der Waals surface area contributed by atoms with Gasteiger partial charge in [0.25, 0.3) is 0 Å². The van der Waals surface area contributed by atoms with Gasteiger partial charge in [0.1, 0.15) is 6.10 Å². The lowest BCUT2D eigenvalue weighted by Gasteiger charge is -2.22. The minimum atomic E-state index is 0.229. The number of aromatic nitrogens is 3. The Bertz CT molecular complexity index is 629. The van der Waals surface area contributed by atoms with Crippen LogP contribution in [-0.4, -0.2) is 50.9 Å². The molecule has 2 saturated heterocycles. The highest BCUT2D eigenvalue weighted by Gasteiger charge is 2.26. The van der Waals surface area contributed by atoms with Gasteiger partial charge in [-0.15, -0.1) is 0 Å². The number of likely N-dealkylation sites (tertiary alicyclic amines) is 1. The second-order valence-corrected chi connectivity index (χ2v) is 6.74. The van der Waals surface area contributed by atoms with E-state index in [4.69, 9.17) is 4.74 Å². The highest BCUT2D eigenvalue weighted by Crippen LogP contribution is 2.30. The van der Waals surface area contributed by atoms with Crippen molar-refractivity contribution in [3.8, 4) is 5.75 Å². The first kappa shape index (κ1) is 14.8. The largest absolute Gasteiger partial charge is 0.485 e. The van der Waals surface area contributed by atoms with Gasteiger partial charge in [0.2, 0.25) is 0 Å². The smallest absolute Gasteiger partial charge is 0.171 e. The van der Waals surface area contributed by atoms with E-state index in [0.717, 1.165) is 56.4 Å². The maximum absolute atomic E-state index is 6.29. The van der Waals surface area contributed by atoms with Gasteiger partial charge in [0.15, 0.2) is 11.6 Å². The number of hydrogen-bond acceptors (Lipinski definition) is 7. The summed E-state index contributed by atoms with van der Waals surface area (Å²) in [6.07, 6.45) is 7.48. The molecule has 0 aromatic carbocycles. The molecule has 0 radical (unpaired) electrons. The Morgan fingerprint density at radius 3 is 3.00 bits per heavy atom. The van der Waals surface area contributed by atoms with Gasteiger partial charge in [0, 0.05) is 38.9 Å². The minimum absolute atomic E-state index is 0.229. The molecule has 0 N–H and O–H groups in total. The topological polar surface area (TPSA) is 54.4 Å². The van der Waals surface area contributed by atoms with Crippen LogP contribution in [0.4, 0.5) is 5.82 Å². The average Bonchev–Trinajstić information content (AvgIpc) is 3.31. The average molecular weight is 331 g/mol. The number of ether oxygens (including phenoxy) is 1. The predicted molar refractivity (Wildman–Crippen MR) is 89.9 cm³/mol. The summed E-state index contributed by atoms with van der Waals surface area (Å²) >= 11 is 1.27. The molecule has 1 atom stereocenters. The van der Waals surface area contributed by atoms with Gasteiger partial charge < -0.3 is 9.64 Å². The molecule has 0 saturated carbocycles. The van der Waals surface area contributed by atoms with E-state index in [9.17, 15) is 0 Å². The van der Waals surface area contributed by atoms with E-state index in [2.05, 4.69) is 23.5 Å². The van der Waals surface area contributed by atoms with Crippen LogP contribution in [0.3, 0.4) is 0 Å². The van der Waals surface area contributed by atoms with Gasteiger partial charge in [-0.25, -0.2) is 4.98 Å². The van der Waals surface area contributed by atoms with Crippen molar-refractivity contribution in [2.45, 2.75) is 31.9 Å². The van der Waals surface area contributed by atoms with E-state index in [1.54, 1.807) is 0 Å². The van der Waals surface area contributed by atoms with Crippen LogP contribution in [0.25, 0.3) is 0 Å². The van der Waals surface area contributed by atoms with Crippen LogP contribution in [0.5, 0.6) is 5.75 Å². The molecule has 0 aliphatic carbocycles. The number of hydrogen-bond donors (Lipinski definition) is 0. The Labute approximate surface area is 140 Å². The summed E-state index contributed by atoms with van der Waals surface area (Å²) in [5.41, 5.74) is 1.05. The molecule has 2 aliphatic heterocycles. The van der Waals surface area contributed by atoms with E-state index in [1.165, 1.54) is 24.6 Å². The third-order valence-corrected chi connectivity index (χ3v) is 4.99. The molecule has 0 bridgehead atoms. The van der Waals surface area contributed by atoms with Gasteiger partial charge in [-0.05, 0) is 31.4 Å². The highest BCUT2D eigenvalue weighted by atomic mass is 32.1. The van der Waals surface area contributed by atoms with Crippen LogP contribution in [0.15, 0.2) is 24.5 Å². The summed E-state index contributed by atoms with van der Waals surface area (Å²) in [5, 5.41) is 0. The van der Waals surface area contributed by atoms with Crippen molar-refractivity contribution in [1.29, 1.82) is 0 Å². The molecule has 23 heavy (non-hydrogen) atoms. The number of nitrogens with zero attached hydrogens (tertiary/aromatic N) is 5. The van der Waals surface area contributed by atoms with Crippen LogP contribution in [-0.2, 0) is 6.54 Å². The van der Waals surface area contributed by atoms with Gasteiger partial charge in [-0.1, -0.05) is 0 Å². The molecule has 2 fully saturated rings. The lowest BCUT2D eigenvalue weighted by atomic mass is 10.3. The van der Waals surface area contributed by atoms with Gasteiger partial charge in [0.05, 0.1) is 23.6 Å². The molecule has 0 amide bonds. The third-order valence-electron chi connectivity index (χ3n) is 4.47. The van der Waals surface area contributed by atoms with Crippen molar-refractivity contribution >= 4 is 17.5 Å². The van der Waals surface area contributed by atoms with E-state index >= 15 is 0 Å². The molecule has 2 aliphatic rings. The van der Waals surface area contributed by atoms with Crippen molar-refractivity contribution in [2.24, 2.45) is 0 Å². The van der Waals surface area contributed by atoms with Gasteiger partial charge in [-0.2, -0.15) is 8.75 Å². The molecular weight excluding hydrogens is 310 g/mol. The van der Waals surface area contributed by atoms with Crippen molar-refractivity contribution < 1.29 is 4.74 Å². The molecule has 2 aromatic rings. The Kier molecular flexibility index (Phi) is 4.39. The van der Waals surface area contributed by atoms with E-state index in [0.29, 0.717) is 0 Å². The van der Waals surface area contributed by atoms with Crippen molar-refractivity contribution in [3.05, 3.63) is 30.2 Å². The molecular formula is C16H21N5OS. The lowest BCUT2D eigenvalue weighted by molar-refractivity contribution is 0.198. The maximum atomic E-state index is 6.29. The zero-order valence-corrected chi connectivity index (χ0v) is 13.9. The molecule has 2 aromatic heterocycles. The number of pyridine rings is 1. The third kappa shape index (κ3) is 3.45. The normalized spacial score (nSPS) is 21.9. The predicted octanol–water partition coefficient (Wildman–Crippen LogP) is 2.19. The Hall–Kier alpha value is -1.73. The fraction of sp³-hybridized carbons (Fsp3) is 0.562. The Morgan fingerprint density at radius 1 is 1.26 bits per heavy atom. The number of rotatable bonds is 5. The minimum Gasteiger partial charge on any atom is -0.485 e. The standard InChI is InChI=1S/C16H21N5OS/c1-2-8-21(7-1)16-15(4-3-6-17-16)22-14-5-9-20(12-14)11-13-10-18-23-19-13/h3-4,6,10,14H,1-2,5,7-9,11-12H2/t14-/m1/s1. The second-order valence-electron chi connectivity index (χ2n) is 6.18. The second kappa shape index (κ2) is 6.80. The Morgan fingerprint density at radius 2 is 2.17 bits per heavy atom. The molecule has 122 valence electrons. The van der Waals surface area contributed by atoms with E-state index < -0.39 is 0 Å². The zero-order valence-electron chi connectivity index (χ0n) is 13.1. The van der Waals surface area contributed by atoms with Crippen LogP contribution >= 0.6 is 11.7 Å². The molecule has 6 nitrogen and oxygen atoms in total. The quantitative estimate of drug-likeness (QED) is 0.837. The summed E-state index contributed by atoms with van der Waals surface area (Å²) in [4.78, 5) is 9.27. The van der Waals surface area contributed by atoms with Gasteiger partial charge in [-0.3, -0.25) is 4.90 Å². The van der Waals surface area contributed by atoms with Crippen LogP contribution in [0.2, 0.25) is 0 Å². The van der Waals surface area contributed by atoms with Crippen LogP contribution < -0.4 is 9.64 Å². The first-order chi connectivity index (χ1) is 11.4.